The summed E-state index contributed by atoms with van der Waals surface area (Å²) in [5, 5.41) is 3.48. The van der Waals surface area contributed by atoms with Crippen LogP contribution in [0.15, 0.2) is 60.7 Å². The maximum absolute atomic E-state index is 12.5. The van der Waals surface area contributed by atoms with Crippen molar-refractivity contribution in [2.75, 3.05) is 18.4 Å². The number of anilines is 1. The van der Waals surface area contributed by atoms with Crippen LogP contribution in [0.2, 0.25) is 5.02 Å². The summed E-state index contributed by atoms with van der Waals surface area (Å²) in [7, 11) is 0. The molecule has 1 aliphatic rings. The minimum absolute atomic E-state index is 0.0281. The fourth-order valence-corrected chi connectivity index (χ4v) is 3.10. The van der Waals surface area contributed by atoms with Gasteiger partial charge in [0, 0.05) is 13.1 Å². The van der Waals surface area contributed by atoms with E-state index in [0.29, 0.717) is 10.7 Å². The predicted octanol–water partition coefficient (Wildman–Crippen LogP) is 4.46. The number of carbonyl (C=O) groups excluding carboxylic acids is 1. The van der Waals surface area contributed by atoms with E-state index >= 15 is 0 Å². The van der Waals surface area contributed by atoms with Gasteiger partial charge in [0.25, 0.3) is 0 Å². The molecule has 0 radical (unpaired) electrons. The molecular formula is C20H21ClN2O. The standard InChI is InChI=1S/C20H21ClN2O/c1-15(20(24)22-19-10-6-5-9-18(19)21)23-13-11-17(12-14-23)16-7-3-2-4-8-16/h2-11,15H,12-14H2,1H3,(H,22,24)/t15-/m1/s1. The first-order valence-corrected chi connectivity index (χ1v) is 8.57. The highest BCUT2D eigenvalue weighted by Crippen LogP contribution is 2.24. The second kappa shape index (κ2) is 7.65. The highest BCUT2D eigenvalue weighted by Gasteiger charge is 2.23. The van der Waals surface area contributed by atoms with E-state index in [1.54, 1.807) is 6.07 Å². The first-order chi connectivity index (χ1) is 11.6. The summed E-state index contributed by atoms with van der Waals surface area (Å²) >= 11 is 6.11. The van der Waals surface area contributed by atoms with Gasteiger partial charge in [-0.2, -0.15) is 0 Å². The van der Waals surface area contributed by atoms with Crippen LogP contribution in [0.3, 0.4) is 0 Å². The Labute approximate surface area is 147 Å². The number of nitrogens with one attached hydrogen (secondary N) is 1. The first kappa shape index (κ1) is 16.7. The van der Waals surface area contributed by atoms with Crippen LogP contribution < -0.4 is 5.32 Å². The molecule has 0 spiro atoms. The molecule has 0 bridgehead atoms. The van der Waals surface area contributed by atoms with E-state index in [0.717, 1.165) is 19.5 Å². The molecule has 0 aliphatic carbocycles. The Morgan fingerprint density at radius 2 is 1.83 bits per heavy atom. The van der Waals surface area contributed by atoms with E-state index < -0.39 is 0 Å². The molecule has 2 aromatic carbocycles. The number of para-hydroxylation sites is 1. The SMILES string of the molecule is C[C@H](C(=O)Nc1ccccc1Cl)N1CC=C(c2ccccc2)CC1. The summed E-state index contributed by atoms with van der Waals surface area (Å²) in [5.41, 5.74) is 3.28. The van der Waals surface area contributed by atoms with Gasteiger partial charge in [-0.15, -0.1) is 0 Å². The zero-order valence-corrected chi connectivity index (χ0v) is 14.5. The maximum atomic E-state index is 12.5. The van der Waals surface area contributed by atoms with Gasteiger partial charge in [0.1, 0.15) is 0 Å². The third-order valence-electron chi connectivity index (χ3n) is 4.44. The van der Waals surface area contributed by atoms with Crippen LogP contribution in [0.4, 0.5) is 5.69 Å². The van der Waals surface area contributed by atoms with Crippen molar-refractivity contribution in [3.63, 3.8) is 0 Å². The average molecular weight is 341 g/mol. The molecule has 0 saturated carbocycles. The predicted molar refractivity (Wildman–Crippen MR) is 100 cm³/mol. The summed E-state index contributed by atoms with van der Waals surface area (Å²) in [5.74, 6) is -0.0281. The van der Waals surface area contributed by atoms with Crippen molar-refractivity contribution in [2.24, 2.45) is 0 Å². The number of halogens is 1. The van der Waals surface area contributed by atoms with E-state index in [1.807, 2.05) is 31.2 Å². The van der Waals surface area contributed by atoms with E-state index in [4.69, 9.17) is 11.6 Å². The smallest absolute Gasteiger partial charge is 0.241 e. The second-order valence-corrected chi connectivity index (χ2v) is 6.39. The van der Waals surface area contributed by atoms with E-state index in [-0.39, 0.29) is 11.9 Å². The second-order valence-electron chi connectivity index (χ2n) is 5.99. The molecule has 1 aliphatic heterocycles. The molecule has 3 rings (SSSR count). The minimum atomic E-state index is -0.199. The Bertz CT molecular complexity index is 742. The van der Waals surface area contributed by atoms with E-state index in [9.17, 15) is 4.79 Å². The van der Waals surface area contributed by atoms with Gasteiger partial charge in [0.2, 0.25) is 5.91 Å². The lowest BCUT2D eigenvalue weighted by atomic mass is 9.99. The number of amides is 1. The van der Waals surface area contributed by atoms with Crippen LogP contribution >= 0.6 is 11.6 Å². The Morgan fingerprint density at radius 1 is 1.12 bits per heavy atom. The number of carbonyl (C=O) groups is 1. The number of rotatable bonds is 4. The normalized spacial score (nSPS) is 16.3. The average Bonchev–Trinajstić information content (AvgIpc) is 2.64. The molecule has 1 N–H and O–H groups in total. The monoisotopic (exact) mass is 340 g/mol. The maximum Gasteiger partial charge on any atom is 0.241 e. The summed E-state index contributed by atoms with van der Waals surface area (Å²) < 4.78 is 0. The zero-order valence-electron chi connectivity index (χ0n) is 13.7. The van der Waals surface area contributed by atoms with Gasteiger partial charge in [-0.05, 0) is 36.6 Å². The molecule has 0 fully saturated rings. The Balaban J connectivity index is 1.62. The van der Waals surface area contributed by atoms with Gasteiger partial charge < -0.3 is 5.32 Å². The molecule has 0 saturated heterocycles. The Morgan fingerprint density at radius 3 is 2.50 bits per heavy atom. The fourth-order valence-electron chi connectivity index (χ4n) is 2.92. The fraction of sp³-hybridized carbons (Fsp3) is 0.250. The van der Waals surface area contributed by atoms with E-state index in [2.05, 4.69) is 40.6 Å². The number of hydrogen-bond acceptors (Lipinski definition) is 2. The third kappa shape index (κ3) is 3.86. The van der Waals surface area contributed by atoms with Crippen molar-refractivity contribution < 1.29 is 4.79 Å². The molecule has 2 aromatic rings. The van der Waals surface area contributed by atoms with Crippen LogP contribution in [0.5, 0.6) is 0 Å². The van der Waals surface area contributed by atoms with Gasteiger partial charge >= 0.3 is 0 Å². The van der Waals surface area contributed by atoms with Gasteiger partial charge in [-0.25, -0.2) is 0 Å². The molecule has 0 aromatic heterocycles. The molecule has 4 heteroatoms. The van der Waals surface area contributed by atoms with Crippen molar-refractivity contribution >= 4 is 28.8 Å². The minimum Gasteiger partial charge on any atom is -0.323 e. The quantitative estimate of drug-likeness (QED) is 0.891. The summed E-state index contributed by atoms with van der Waals surface area (Å²) in [4.78, 5) is 14.7. The van der Waals surface area contributed by atoms with Gasteiger partial charge in [-0.1, -0.05) is 60.1 Å². The first-order valence-electron chi connectivity index (χ1n) is 8.19. The molecule has 1 atom stereocenters. The lowest BCUT2D eigenvalue weighted by Crippen LogP contribution is -2.44. The van der Waals surface area contributed by atoms with Crippen LogP contribution in [-0.4, -0.2) is 29.9 Å². The largest absolute Gasteiger partial charge is 0.323 e. The van der Waals surface area contributed by atoms with Gasteiger partial charge in [0.15, 0.2) is 0 Å². The number of hydrogen-bond donors (Lipinski definition) is 1. The Hall–Kier alpha value is -2.10. The van der Waals surface area contributed by atoms with Gasteiger partial charge in [0.05, 0.1) is 16.8 Å². The molecule has 24 heavy (non-hydrogen) atoms. The van der Waals surface area contributed by atoms with Crippen molar-refractivity contribution in [1.29, 1.82) is 0 Å². The third-order valence-corrected chi connectivity index (χ3v) is 4.77. The number of nitrogens with zero attached hydrogens (tertiary/aromatic N) is 1. The summed E-state index contributed by atoms with van der Waals surface area (Å²) in [6.07, 6.45) is 3.17. The highest BCUT2D eigenvalue weighted by molar-refractivity contribution is 6.33. The lowest BCUT2D eigenvalue weighted by molar-refractivity contribution is -0.120. The summed E-state index contributed by atoms with van der Waals surface area (Å²) in [6.45, 7) is 3.59. The summed E-state index contributed by atoms with van der Waals surface area (Å²) in [6, 6.07) is 17.5. The molecule has 0 unspecified atom stereocenters. The van der Waals surface area contributed by atoms with Crippen LogP contribution in [0.25, 0.3) is 5.57 Å². The Kier molecular flexibility index (Phi) is 5.34. The molecular weight excluding hydrogens is 320 g/mol. The van der Waals surface area contributed by atoms with Crippen molar-refractivity contribution in [3.05, 3.63) is 71.3 Å². The van der Waals surface area contributed by atoms with Crippen LogP contribution in [0.1, 0.15) is 18.9 Å². The van der Waals surface area contributed by atoms with Crippen LogP contribution in [0, 0.1) is 0 Å². The molecule has 1 amide bonds. The topological polar surface area (TPSA) is 32.3 Å². The lowest BCUT2D eigenvalue weighted by Gasteiger charge is -2.31. The molecule has 3 nitrogen and oxygen atoms in total. The number of benzene rings is 2. The van der Waals surface area contributed by atoms with E-state index in [1.165, 1.54) is 11.1 Å². The highest BCUT2D eigenvalue weighted by atomic mass is 35.5. The van der Waals surface area contributed by atoms with Crippen molar-refractivity contribution in [1.82, 2.24) is 4.90 Å². The molecule has 1 heterocycles. The molecule has 124 valence electrons. The van der Waals surface area contributed by atoms with Crippen molar-refractivity contribution in [2.45, 2.75) is 19.4 Å². The van der Waals surface area contributed by atoms with Crippen LogP contribution in [-0.2, 0) is 4.79 Å². The zero-order chi connectivity index (χ0) is 16.9. The van der Waals surface area contributed by atoms with Crippen molar-refractivity contribution in [3.8, 4) is 0 Å². The van der Waals surface area contributed by atoms with Gasteiger partial charge in [-0.3, -0.25) is 9.69 Å².